The summed E-state index contributed by atoms with van der Waals surface area (Å²) in [6.45, 7) is 1.15. The Bertz CT molecular complexity index is 1240. The number of hydrogen-bond acceptors (Lipinski definition) is 7. The minimum Gasteiger partial charge on any atom is -0.477 e. The van der Waals surface area contributed by atoms with Gasteiger partial charge in [-0.25, -0.2) is 14.6 Å². The molecule has 30 heavy (non-hydrogen) atoms. The van der Waals surface area contributed by atoms with E-state index >= 15 is 0 Å². The smallest absolute Gasteiger partial charge is 0.278 e. The van der Waals surface area contributed by atoms with Crippen molar-refractivity contribution in [2.24, 2.45) is 0 Å². The second-order valence-corrected chi connectivity index (χ2v) is 7.85. The van der Waals surface area contributed by atoms with E-state index in [0.717, 1.165) is 23.1 Å². The third kappa shape index (κ3) is 3.74. The lowest BCUT2D eigenvalue weighted by Gasteiger charge is -2.13. The summed E-state index contributed by atoms with van der Waals surface area (Å²) >= 11 is 12.9. The van der Waals surface area contributed by atoms with E-state index in [1.807, 2.05) is 26.2 Å². The topological polar surface area (TPSA) is 78.2 Å². The monoisotopic (exact) mass is 446 g/mol. The Morgan fingerprint density at radius 1 is 1.00 bits per heavy atom. The summed E-state index contributed by atoms with van der Waals surface area (Å²) in [4.78, 5) is 11.1. The lowest BCUT2D eigenvalue weighted by atomic mass is 10.1. The van der Waals surface area contributed by atoms with Crippen molar-refractivity contribution in [3.8, 4) is 11.8 Å². The quantitative estimate of drug-likeness (QED) is 0.445. The molecule has 0 aliphatic heterocycles. The molecule has 156 valence electrons. The van der Waals surface area contributed by atoms with Gasteiger partial charge in [-0.05, 0) is 37.9 Å². The number of benzene rings is 2. The number of aromatic nitrogens is 5. The predicted octanol–water partition coefficient (Wildman–Crippen LogP) is 3.81. The van der Waals surface area contributed by atoms with Crippen molar-refractivity contribution in [3.63, 3.8) is 0 Å². The van der Waals surface area contributed by atoms with Crippen LogP contribution in [0.15, 0.2) is 24.3 Å². The van der Waals surface area contributed by atoms with Crippen LogP contribution in [0.4, 0.5) is 0 Å². The van der Waals surface area contributed by atoms with Crippen molar-refractivity contribution < 1.29 is 9.47 Å². The highest BCUT2D eigenvalue weighted by atomic mass is 35.5. The minimum absolute atomic E-state index is 0.265. The largest absolute Gasteiger partial charge is 0.477 e. The first-order valence-corrected chi connectivity index (χ1v) is 9.90. The molecule has 4 rings (SSSR count). The van der Waals surface area contributed by atoms with Gasteiger partial charge in [0.2, 0.25) is 0 Å². The molecule has 10 heteroatoms. The Kier molecular flexibility index (Phi) is 5.64. The lowest BCUT2D eigenvalue weighted by molar-refractivity contribution is 0.334. The molecule has 0 aliphatic carbocycles. The average Bonchev–Trinajstić information content (AvgIpc) is 3.12. The molecular formula is C20H20Cl2N6O2. The van der Waals surface area contributed by atoms with E-state index in [9.17, 15) is 0 Å². The molecule has 0 fully saturated rings. The molecule has 2 aromatic carbocycles. The zero-order valence-corrected chi connectivity index (χ0v) is 18.5. The summed E-state index contributed by atoms with van der Waals surface area (Å²) in [5.74, 6) is 0.537. The van der Waals surface area contributed by atoms with Crippen LogP contribution in [-0.4, -0.2) is 58.2 Å². The molecule has 0 aliphatic rings. The van der Waals surface area contributed by atoms with Crippen LogP contribution in [0.25, 0.3) is 22.1 Å². The molecule has 4 aromatic rings. The number of halogens is 2. The highest BCUT2D eigenvalue weighted by molar-refractivity contribution is 6.43. The average molecular weight is 447 g/mol. The van der Waals surface area contributed by atoms with Gasteiger partial charge < -0.3 is 14.4 Å². The molecule has 2 heterocycles. The van der Waals surface area contributed by atoms with Gasteiger partial charge in [0.25, 0.3) is 11.8 Å². The minimum atomic E-state index is 0.265. The molecular weight excluding hydrogens is 427 g/mol. The summed E-state index contributed by atoms with van der Waals surface area (Å²) in [7, 11) is 7.06. The Labute approximate surface area is 183 Å². The van der Waals surface area contributed by atoms with Gasteiger partial charge in [-0.15, -0.1) is 5.10 Å². The van der Waals surface area contributed by atoms with Crippen molar-refractivity contribution >= 4 is 45.3 Å². The van der Waals surface area contributed by atoms with Crippen LogP contribution in [0, 0.1) is 0 Å². The van der Waals surface area contributed by atoms with Gasteiger partial charge in [-0.1, -0.05) is 34.5 Å². The number of rotatable bonds is 6. The van der Waals surface area contributed by atoms with Gasteiger partial charge in [-0.3, -0.25) is 0 Å². The Balaban J connectivity index is 1.82. The van der Waals surface area contributed by atoms with Crippen LogP contribution in [0.3, 0.4) is 0 Å². The fraction of sp³-hybridized carbons (Fsp3) is 0.300. The fourth-order valence-electron chi connectivity index (χ4n) is 3.33. The maximum Gasteiger partial charge on any atom is 0.278 e. The lowest BCUT2D eigenvalue weighted by Crippen LogP contribution is -2.10. The molecule has 0 amide bonds. The zero-order chi connectivity index (χ0) is 21.4. The van der Waals surface area contributed by atoms with E-state index in [1.165, 1.54) is 14.2 Å². The fourth-order valence-corrected chi connectivity index (χ4v) is 3.75. The van der Waals surface area contributed by atoms with Crippen LogP contribution in [0.5, 0.6) is 11.8 Å². The summed E-state index contributed by atoms with van der Waals surface area (Å²) in [6.07, 6.45) is 0. The van der Waals surface area contributed by atoms with E-state index in [-0.39, 0.29) is 11.8 Å². The number of ether oxygens (including phenoxy) is 2. The predicted molar refractivity (Wildman–Crippen MR) is 117 cm³/mol. The molecule has 0 unspecified atom stereocenters. The summed E-state index contributed by atoms with van der Waals surface area (Å²) in [5.41, 5.74) is 4.65. The second kappa shape index (κ2) is 8.22. The maximum absolute atomic E-state index is 6.55. The van der Waals surface area contributed by atoms with Gasteiger partial charge in [0, 0.05) is 12.1 Å². The molecule has 0 saturated heterocycles. The first-order valence-electron chi connectivity index (χ1n) is 9.14. The molecule has 0 atom stereocenters. The van der Waals surface area contributed by atoms with Gasteiger partial charge in [0.1, 0.15) is 5.52 Å². The summed E-state index contributed by atoms with van der Waals surface area (Å²) in [6, 6.07) is 7.76. The van der Waals surface area contributed by atoms with Gasteiger partial charge in [-0.2, -0.15) is 0 Å². The number of fused-ring (bicyclic) bond motifs is 2. The van der Waals surface area contributed by atoms with E-state index in [0.29, 0.717) is 33.2 Å². The molecule has 0 bridgehead atoms. The number of hydrogen-bond donors (Lipinski definition) is 0. The Morgan fingerprint density at radius 2 is 1.73 bits per heavy atom. The van der Waals surface area contributed by atoms with Gasteiger partial charge in [0.05, 0.1) is 47.4 Å². The summed E-state index contributed by atoms with van der Waals surface area (Å²) in [5, 5.41) is 9.39. The number of nitrogens with zero attached hydrogens (tertiary/aromatic N) is 6. The first-order chi connectivity index (χ1) is 14.4. The molecule has 2 aromatic heterocycles. The summed E-state index contributed by atoms with van der Waals surface area (Å²) < 4.78 is 12.3. The van der Waals surface area contributed by atoms with Gasteiger partial charge >= 0.3 is 0 Å². The van der Waals surface area contributed by atoms with Crippen LogP contribution in [0.2, 0.25) is 10.0 Å². The highest BCUT2D eigenvalue weighted by Crippen LogP contribution is 2.35. The standard InChI is InChI=1S/C20H20Cl2N6O2/c1-27(2)9-11-5-6-16-14(7-11)25-26-28(16)10-12-17(22)13(21)8-15-18(12)24-20(30-4)19(23-15)29-3/h5-8H,9-10H2,1-4H3. The Morgan fingerprint density at radius 3 is 2.43 bits per heavy atom. The van der Waals surface area contributed by atoms with Gasteiger partial charge in [0.15, 0.2) is 0 Å². The second-order valence-electron chi connectivity index (χ2n) is 7.07. The van der Waals surface area contributed by atoms with E-state index in [1.54, 1.807) is 10.7 Å². The van der Waals surface area contributed by atoms with E-state index < -0.39 is 0 Å². The third-order valence-corrected chi connectivity index (χ3v) is 5.48. The van der Waals surface area contributed by atoms with E-state index in [4.69, 9.17) is 32.7 Å². The molecule has 8 nitrogen and oxygen atoms in total. The number of methoxy groups -OCH3 is 2. The van der Waals surface area contributed by atoms with Crippen molar-refractivity contribution in [1.29, 1.82) is 0 Å². The van der Waals surface area contributed by atoms with Crippen LogP contribution in [0.1, 0.15) is 11.1 Å². The van der Waals surface area contributed by atoms with Crippen LogP contribution < -0.4 is 9.47 Å². The normalized spacial score (nSPS) is 11.6. The molecule has 0 spiro atoms. The molecule has 0 radical (unpaired) electrons. The van der Waals surface area contributed by atoms with Crippen molar-refractivity contribution in [2.75, 3.05) is 28.3 Å². The van der Waals surface area contributed by atoms with Crippen LogP contribution in [-0.2, 0) is 13.1 Å². The van der Waals surface area contributed by atoms with Crippen molar-refractivity contribution in [3.05, 3.63) is 45.4 Å². The zero-order valence-electron chi connectivity index (χ0n) is 17.0. The van der Waals surface area contributed by atoms with Crippen LogP contribution >= 0.6 is 23.2 Å². The third-order valence-electron chi connectivity index (χ3n) is 4.66. The molecule has 0 saturated carbocycles. The maximum atomic E-state index is 6.55. The molecule has 0 N–H and O–H groups in total. The van der Waals surface area contributed by atoms with Crippen molar-refractivity contribution in [1.82, 2.24) is 29.9 Å². The SMILES string of the molecule is COc1nc2cc(Cl)c(Cl)c(Cn3nnc4cc(CN(C)C)ccc43)c2nc1OC. The first kappa shape index (κ1) is 20.6. The van der Waals surface area contributed by atoms with E-state index in [2.05, 4.69) is 31.2 Å². The highest BCUT2D eigenvalue weighted by Gasteiger charge is 2.19. The van der Waals surface area contributed by atoms with Crippen molar-refractivity contribution in [2.45, 2.75) is 13.1 Å². The Hall–Kier alpha value is -2.68.